The number of anilines is 2. The van der Waals surface area contributed by atoms with Crippen LogP contribution in [-0.4, -0.2) is 28.6 Å². The lowest BCUT2D eigenvalue weighted by atomic mass is 9.99. The second-order valence-electron chi connectivity index (χ2n) is 9.65. The lowest BCUT2D eigenvalue weighted by Crippen LogP contribution is -2.35. The summed E-state index contributed by atoms with van der Waals surface area (Å²) < 4.78 is 10.8. The van der Waals surface area contributed by atoms with E-state index >= 15 is 0 Å². The highest BCUT2D eigenvalue weighted by Gasteiger charge is 2.20. The number of aryl methyl sites for hydroxylation is 3. The van der Waals surface area contributed by atoms with Gasteiger partial charge < -0.3 is 20.4 Å². The summed E-state index contributed by atoms with van der Waals surface area (Å²) in [4.78, 5) is 16.5. The fourth-order valence-corrected chi connectivity index (χ4v) is 5.83. The van der Waals surface area contributed by atoms with E-state index in [-0.39, 0.29) is 5.56 Å². The number of nitrogens with one attached hydrogen (secondary N) is 3. The Labute approximate surface area is 220 Å². The molecule has 1 atom stereocenters. The molecule has 8 heteroatoms. The van der Waals surface area contributed by atoms with E-state index < -0.39 is 0 Å². The standard InChI is InChI=1S/C28H31ClN4O2S/c1-16-10-17(2)12-19(11-16)26-27(35-9-7-20-6-4-5-8-30-20)21-14-24(31-25-13-18(3)33-36-25)22(29)15-23(21)32-28(26)34/h10-15,20,30-31H,4-9H2,1-3H3,(H,32,34)/t20-/m1/s1. The first-order valence-corrected chi connectivity index (χ1v) is 13.6. The Bertz CT molecular complexity index is 1440. The van der Waals surface area contributed by atoms with Crippen molar-refractivity contribution in [2.75, 3.05) is 18.5 Å². The van der Waals surface area contributed by atoms with Gasteiger partial charge in [0.15, 0.2) is 0 Å². The number of aromatic nitrogens is 2. The molecule has 0 aliphatic carbocycles. The van der Waals surface area contributed by atoms with Gasteiger partial charge in [-0.25, -0.2) is 0 Å². The van der Waals surface area contributed by atoms with Gasteiger partial charge in [-0.3, -0.25) is 4.79 Å². The van der Waals surface area contributed by atoms with Crippen molar-refractivity contribution in [3.63, 3.8) is 0 Å². The predicted octanol–water partition coefficient (Wildman–Crippen LogP) is 6.88. The summed E-state index contributed by atoms with van der Waals surface area (Å²) in [6.07, 6.45) is 4.51. The molecule has 3 heterocycles. The molecule has 1 aliphatic heterocycles. The number of aromatic amines is 1. The number of piperidine rings is 1. The zero-order valence-electron chi connectivity index (χ0n) is 20.8. The van der Waals surface area contributed by atoms with Crippen LogP contribution in [-0.2, 0) is 0 Å². The number of hydrogen-bond donors (Lipinski definition) is 3. The van der Waals surface area contributed by atoms with Crippen LogP contribution in [0.4, 0.5) is 10.7 Å². The molecule has 3 N–H and O–H groups in total. The van der Waals surface area contributed by atoms with Crippen LogP contribution in [0.2, 0.25) is 5.02 Å². The van der Waals surface area contributed by atoms with E-state index in [1.165, 1.54) is 24.4 Å². The van der Waals surface area contributed by atoms with Crippen molar-refractivity contribution >= 4 is 44.7 Å². The first kappa shape index (κ1) is 24.8. The Kier molecular flexibility index (Phi) is 7.32. The molecule has 4 aromatic rings. The van der Waals surface area contributed by atoms with Crippen LogP contribution in [0.25, 0.3) is 22.0 Å². The first-order chi connectivity index (χ1) is 17.4. The second kappa shape index (κ2) is 10.6. The molecule has 1 fully saturated rings. The average molecular weight is 523 g/mol. The summed E-state index contributed by atoms with van der Waals surface area (Å²) in [6, 6.07) is 12.3. The van der Waals surface area contributed by atoms with Gasteiger partial charge in [-0.05, 0) is 81.9 Å². The van der Waals surface area contributed by atoms with E-state index in [4.69, 9.17) is 16.3 Å². The Hall–Kier alpha value is -2.87. The van der Waals surface area contributed by atoms with Gasteiger partial charge in [0.05, 0.1) is 34.1 Å². The molecule has 2 aromatic carbocycles. The van der Waals surface area contributed by atoms with Gasteiger partial charge in [-0.2, -0.15) is 4.37 Å². The zero-order valence-corrected chi connectivity index (χ0v) is 22.4. The molecular formula is C28H31ClN4O2S. The summed E-state index contributed by atoms with van der Waals surface area (Å²) in [7, 11) is 0. The van der Waals surface area contributed by atoms with Gasteiger partial charge in [0.1, 0.15) is 10.8 Å². The number of rotatable bonds is 7. The molecule has 2 aromatic heterocycles. The van der Waals surface area contributed by atoms with Gasteiger partial charge in [-0.1, -0.05) is 47.3 Å². The van der Waals surface area contributed by atoms with Crippen LogP contribution >= 0.6 is 23.1 Å². The summed E-state index contributed by atoms with van der Waals surface area (Å²) in [5.74, 6) is 0.592. The number of nitrogens with zero attached hydrogens (tertiary/aromatic N) is 1. The third kappa shape index (κ3) is 5.43. The van der Waals surface area contributed by atoms with Crippen molar-refractivity contribution < 1.29 is 4.74 Å². The quantitative estimate of drug-likeness (QED) is 0.246. The molecule has 1 aliphatic rings. The van der Waals surface area contributed by atoms with E-state index in [1.807, 2.05) is 45.0 Å². The predicted molar refractivity (Wildman–Crippen MR) is 150 cm³/mol. The molecule has 5 rings (SSSR count). The van der Waals surface area contributed by atoms with Crippen molar-refractivity contribution in [3.8, 4) is 16.9 Å². The minimum atomic E-state index is -0.187. The second-order valence-corrected chi connectivity index (χ2v) is 10.9. The smallest absolute Gasteiger partial charge is 0.260 e. The zero-order chi connectivity index (χ0) is 25.2. The SMILES string of the molecule is Cc1cc(C)cc(-c2c(OCC[C@H]3CCCCN3)c3cc(Nc4cc(C)ns4)c(Cl)cc3[nH]c2=O)c1. The summed E-state index contributed by atoms with van der Waals surface area (Å²) in [5.41, 5.74) is 5.74. The highest BCUT2D eigenvalue weighted by atomic mass is 35.5. The lowest BCUT2D eigenvalue weighted by molar-refractivity contribution is 0.271. The topological polar surface area (TPSA) is 79.0 Å². The van der Waals surface area contributed by atoms with E-state index in [0.29, 0.717) is 34.5 Å². The maximum atomic E-state index is 13.4. The maximum Gasteiger partial charge on any atom is 0.260 e. The molecule has 36 heavy (non-hydrogen) atoms. The van der Waals surface area contributed by atoms with Gasteiger partial charge in [0.2, 0.25) is 0 Å². The lowest BCUT2D eigenvalue weighted by Gasteiger charge is -2.24. The van der Waals surface area contributed by atoms with Crippen LogP contribution in [0, 0.1) is 20.8 Å². The third-order valence-electron chi connectivity index (χ3n) is 6.58. The van der Waals surface area contributed by atoms with Crippen LogP contribution in [0.5, 0.6) is 5.75 Å². The van der Waals surface area contributed by atoms with Gasteiger partial charge in [0, 0.05) is 11.4 Å². The normalized spacial score (nSPS) is 15.8. The van der Waals surface area contributed by atoms with Crippen molar-refractivity contribution in [2.24, 2.45) is 0 Å². The number of halogens is 1. The van der Waals surface area contributed by atoms with Crippen LogP contribution < -0.4 is 20.9 Å². The molecule has 0 spiro atoms. The molecule has 0 bridgehead atoms. The summed E-state index contributed by atoms with van der Waals surface area (Å²) in [5, 5.41) is 9.19. The highest BCUT2D eigenvalue weighted by Crippen LogP contribution is 2.39. The maximum absolute atomic E-state index is 13.4. The highest BCUT2D eigenvalue weighted by molar-refractivity contribution is 7.10. The number of pyridine rings is 1. The fraction of sp³-hybridized carbons (Fsp3) is 0.357. The van der Waals surface area contributed by atoms with Crippen LogP contribution in [0.15, 0.2) is 41.2 Å². The Morgan fingerprint density at radius 1 is 1.11 bits per heavy atom. The fourth-order valence-electron chi connectivity index (χ4n) is 4.94. The molecule has 0 unspecified atom stereocenters. The third-order valence-corrected chi connectivity index (χ3v) is 7.68. The minimum absolute atomic E-state index is 0.187. The largest absolute Gasteiger partial charge is 0.492 e. The van der Waals surface area contributed by atoms with Gasteiger partial charge in [-0.15, -0.1) is 0 Å². The number of ether oxygens (including phenoxy) is 1. The number of H-pyrrole nitrogens is 1. The Morgan fingerprint density at radius 3 is 2.61 bits per heavy atom. The number of fused-ring (bicyclic) bond motifs is 1. The monoisotopic (exact) mass is 522 g/mol. The Balaban J connectivity index is 1.61. The van der Waals surface area contributed by atoms with E-state index in [2.05, 4.69) is 26.1 Å². The van der Waals surface area contributed by atoms with Crippen LogP contribution in [0.3, 0.4) is 0 Å². The molecule has 0 radical (unpaired) electrons. The molecule has 0 saturated carbocycles. The molecular weight excluding hydrogens is 492 g/mol. The number of hydrogen-bond acceptors (Lipinski definition) is 6. The molecule has 1 saturated heterocycles. The Morgan fingerprint density at radius 2 is 1.92 bits per heavy atom. The molecule has 6 nitrogen and oxygen atoms in total. The van der Waals surface area contributed by atoms with Gasteiger partial charge in [0.25, 0.3) is 5.56 Å². The van der Waals surface area contributed by atoms with Crippen molar-refractivity contribution in [1.82, 2.24) is 14.7 Å². The molecule has 188 valence electrons. The first-order valence-electron chi connectivity index (χ1n) is 12.4. The minimum Gasteiger partial charge on any atom is -0.492 e. The average Bonchev–Trinajstić information content (AvgIpc) is 3.24. The van der Waals surface area contributed by atoms with Crippen LogP contribution in [0.1, 0.15) is 42.5 Å². The summed E-state index contributed by atoms with van der Waals surface area (Å²) in [6.45, 7) is 7.61. The van der Waals surface area contributed by atoms with Crippen molar-refractivity contribution in [3.05, 3.63) is 68.6 Å². The van der Waals surface area contributed by atoms with E-state index in [9.17, 15) is 4.79 Å². The van der Waals surface area contributed by atoms with E-state index in [0.717, 1.165) is 57.8 Å². The van der Waals surface area contributed by atoms with Crippen molar-refractivity contribution in [2.45, 2.75) is 52.5 Å². The van der Waals surface area contributed by atoms with Gasteiger partial charge >= 0.3 is 0 Å². The number of benzene rings is 2. The summed E-state index contributed by atoms with van der Waals surface area (Å²) >= 11 is 8.00. The van der Waals surface area contributed by atoms with Crippen molar-refractivity contribution in [1.29, 1.82) is 0 Å². The van der Waals surface area contributed by atoms with E-state index in [1.54, 1.807) is 6.07 Å². The molecule has 0 amide bonds.